The van der Waals surface area contributed by atoms with Crippen molar-refractivity contribution >= 4 is 69.7 Å². The highest BCUT2D eigenvalue weighted by Gasteiger charge is 2.26. The molecule has 0 aromatic heterocycles. The van der Waals surface area contributed by atoms with Crippen LogP contribution in [-0.2, 0) is 9.53 Å². The molecule has 0 atom stereocenters. The minimum atomic E-state index is -0.626. The molecule has 4 rings (SSSR count). The Balaban J connectivity index is 1.67. The fraction of sp³-hybridized carbons (Fsp3) is 0.0800. The first-order valence-corrected chi connectivity index (χ1v) is 11.9. The molecule has 34 heavy (non-hydrogen) atoms. The Morgan fingerprint density at radius 1 is 1.09 bits per heavy atom. The first-order chi connectivity index (χ1) is 16.4. The smallest absolute Gasteiger partial charge is 0.363 e. The van der Waals surface area contributed by atoms with Crippen LogP contribution < -0.4 is 9.47 Å². The van der Waals surface area contributed by atoms with Gasteiger partial charge in [-0.15, -0.1) is 0 Å². The highest BCUT2D eigenvalue weighted by atomic mass is 127. The number of aliphatic imine (C=N–C) groups is 1. The summed E-state index contributed by atoms with van der Waals surface area (Å²) in [7, 11) is 0. The largest absolute Gasteiger partial charge is 0.490 e. The lowest BCUT2D eigenvalue weighted by Gasteiger charge is -2.13. The van der Waals surface area contributed by atoms with Gasteiger partial charge in [-0.05, 0) is 83.6 Å². The highest BCUT2D eigenvalue weighted by molar-refractivity contribution is 14.1. The predicted octanol–water partition coefficient (Wildman–Crippen LogP) is 6.56. The van der Waals surface area contributed by atoms with Crippen LogP contribution in [0.4, 0.5) is 0 Å². The molecule has 0 fully saturated rings. The van der Waals surface area contributed by atoms with Crippen LogP contribution in [0.2, 0.25) is 10.0 Å². The summed E-state index contributed by atoms with van der Waals surface area (Å²) in [4.78, 5) is 29.3. The third-order valence-electron chi connectivity index (χ3n) is 4.62. The Labute approximate surface area is 219 Å². The average Bonchev–Trinajstić information content (AvgIpc) is 3.18. The maximum absolute atomic E-state index is 12.5. The van der Waals surface area contributed by atoms with Crippen LogP contribution >= 0.6 is 45.8 Å². The summed E-state index contributed by atoms with van der Waals surface area (Å²) in [5, 5.41) is 0.554. The van der Waals surface area contributed by atoms with Crippen LogP contribution in [0.5, 0.6) is 11.5 Å². The van der Waals surface area contributed by atoms with E-state index in [-0.39, 0.29) is 28.1 Å². The molecule has 0 spiro atoms. The monoisotopic (exact) mass is 607 g/mol. The van der Waals surface area contributed by atoms with Crippen LogP contribution in [0.1, 0.15) is 28.4 Å². The van der Waals surface area contributed by atoms with E-state index in [9.17, 15) is 9.59 Å². The van der Waals surface area contributed by atoms with Crippen LogP contribution in [-0.4, -0.2) is 24.4 Å². The number of ether oxygens (including phenoxy) is 3. The number of cyclic esters (lactones) is 1. The van der Waals surface area contributed by atoms with Gasteiger partial charge in [0.2, 0.25) is 5.90 Å². The van der Waals surface area contributed by atoms with Crippen molar-refractivity contribution in [2.24, 2.45) is 4.99 Å². The van der Waals surface area contributed by atoms with E-state index in [0.29, 0.717) is 28.3 Å². The first kappa shape index (κ1) is 24.3. The van der Waals surface area contributed by atoms with Crippen LogP contribution in [0, 0.1) is 3.57 Å². The van der Waals surface area contributed by atoms with Crippen molar-refractivity contribution in [3.05, 3.63) is 96.7 Å². The van der Waals surface area contributed by atoms with E-state index in [1.807, 2.05) is 6.07 Å². The van der Waals surface area contributed by atoms with Gasteiger partial charge in [0.15, 0.2) is 17.2 Å². The summed E-state index contributed by atoms with van der Waals surface area (Å²) in [6, 6.07) is 17.0. The van der Waals surface area contributed by atoms with Crippen molar-refractivity contribution in [2.75, 3.05) is 6.61 Å². The summed E-state index contributed by atoms with van der Waals surface area (Å²) >= 11 is 14.8. The van der Waals surface area contributed by atoms with Gasteiger partial charge in [-0.25, -0.2) is 14.6 Å². The van der Waals surface area contributed by atoms with Crippen molar-refractivity contribution in [3.63, 3.8) is 0 Å². The standard InChI is InChI=1S/C25H16Cl2INO5/c1-2-32-21-12-14(10-19(27)22(21)33-24(30)15-6-4-3-5-7-15)11-20-25(31)34-23(29-20)17-13-16(28)8-9-18(17)26/h3-13H,2H2,1H3/b20-11-. The normalized spacial score (nSPS) is 14.1. The zero-order chi connectivity index (χ0) is 24.2. The fourth-order valence-corrected chi connectivity index (χ4v) is 4.05. The maximum Gasteiger partial charge on any atom is 0.363 e. The molecule has 0 radical (unpaired) electrons. The summed E-state index contributed by atoms with van der Waals surface area (Å²) in [5.41, 5.74) is 1.47. The molecule has 172 valence electrons. The second-order valence-electron chi connectivity index (χ2n) is 6.98. The molecule has 0 amide bonds. The minimum absolute atomic E-state index is 0.0671. The van der Waals surface area contributed by atoms with E-state index in [2.05, 4.69) is 27.6 Å². The number of carbonyl (C=O) groups is 2. The molecule has 1 heterocycles. The maximum atomic E-state index is 12.5. The number of halogens is 3. The van der Waals surface area contributed by atoms with Crippen molar-refractivity contribution in [1.29, 1.82) is 0 Å². The predicted molar refractivity (Wildman–Crippen MR) is 139 cm³/mol. The molecule has 0 saturated carbocycles. The van der Waals surface area contributed by atoms with Crippen molar-refractivity contribution in [1.82, 2.24) is 0 Å². The SMILES string of the molecule is CCOc1cc(/C=C2\N=C(c3cc(I)ccc3Cl)OC2=O)cc(Cl)c1OC(=O)c1ccccc1. The number of carbonyl (C=O) groups excluding carboxylic acids is 2. The Kier molecular flexibility index (Phi) is 7.55. The van der Waals surface area contributed by atoms with Gasteiger partial charge in [0.1, 0.15) is 0 Å². The molecule has 0 aliphatic carbocycles. The average molecular weight is 608 g/mol. The Hall–Kier alpha value is -2.88. The number of esters is 2. The van der Waals surface area contributed by atoms with E-state index in [1.165, 1.54) is 6.08 Å². The molecular weight excluding hydrogens is 592 g/mol. The van der Waals surface area contributed by atoms with Crippen LogP contribution in [0.15, 0.2) is 71.4 Å². The third-order valence-corrected chi connectivity index (χ3v) is 5.90. The molecule has 6 nitrogen and oxygen atoms in total. The first-order valence-electron chi connectivity index (χ1n) is 10.1. The van der Waals surface area contributed by atoms with Gasteiger partial charge in [-0.2, -0.15) is 0 Å². The Bertz CT molecular complexity index is 1340. The second kappa shape index (κ2) is 10.6. The van der Waals surface area contributed by atoms with Gasteiger partial charge in [-0.1, -0.05) is 41.4 Å². The second-order valence-corrected chi connectivity index (χ2v) is 9.04. The number of hydrogen-bond donors (Lipinski definition) is 0. The molecule has 0 N–H and O–H groups in total. The van der Waals surface area contributed by atoms with E-state index in [4.69, 9.17) is 37.4 Å². The fourth-order valence-electron chi connectivity index (χ4n) is 3.10. The number of benzene rings is 3. The van der Waals surface area contributed by atoms with Crippen LogP contribution in [0.3, 0.4) is 0 Å². The van der Waals surface area contributed by atoms with E-state index in [1.54, 1.807) is 61.5 Å². The van der Waals surface area contributed by atoms with Gasteiger partial charge in [0.05, 0.1) is 27.8 Å². The van der Waals surface area contributed by atoms with Gasteiger partial charge in [0, 0.05) is 3.57 Å². The van der Waals surface area contributed by atoms with E-state index in [0.717, 1.165) is 3.57 Å². The Morgan fingerprint density at radius 3 is 2.59 bits per heavy atom. The molecular formula is C25H16Cl2INO5. The molecule has 1 aliphatic heterocycles. The van der Waals surface area contributed by atoms with Gasteiger partial charge < -0.3 is 14.2 Å². The lowest BCUT2D eigenvalue weighted by atomic mass is 10.1. The van der Waals surface area contributed by atoms with Crippen molar-refractivity contribution < 1.29 is 23.8 Å². The van der Waals surface area contributed by atoms with E-state index < -0.39 is 11.9 Å². The zero-order valence-electron chi connectivity index (χ0n) is 17.7. The summed E-state index contributed by atoms with van der Waals surface area (Å²) in [6.45, 7) is 2.10. The third kappa shape index (κ3) is 5.43. The van der Waals surface area contributed by atoms with Gasteiger partial charge in [-0.3, -0.25) is 0 Å². The quantitative estimate of drug-likeness (QED) is 0.137. The van der Waals surface area contributed by atoms with Crippen molar-refractivity contribution in [2.45, 2.75) is 6.92 Å². The number of rotatable bonds is 6. The minimum Gasteiger partial charge on any atom is -0.490 e. The van der Waals surface area contributed by atoms with Crippen LogP contribution in [0.25, 0.3) is 6.08 Å². The molecule has 0 unspecified atom stereocenters. The summed E-state index contributed by atoms with van der Waals surface area (Å²) < 4.78 is 17.4. The molecule has 9 heteroatoms. The topological polar surface area (TPSA) is 74.2 Å². The van der Waals surface area contributed by atoms with Crippen molar-refractivity contribution in [3.8, 4) is 11.5 Å². The molecule has 0 bridgehead atoms. The summed E-state index contributed by atoms with van der Waals surface area (Å²) in [5.74, 6) is -0.744. The molecule has 0 saturated heterocycles. The Morgan fingerprint density at radius 2 is 1.85 bits per heavy atom. The molecule has 1 aliphatic rings. The lowest BCUT2D eigenvalue weighted by molar-refractivity contribution is -0.129. The molecule has 3 aromatic carbocycles. The van der Waals surface area contributed by atoms with Gasteiger partial charge >= 0.3 is 11.9 Å². The van der Waals surface area contributed by atoms with E-state index >= 15 is 0 Å². The number of nitrogens with zero attached hydrogens (tertiary/aromatic N) is 1. The lowest BCUT2D eigenvalue weighted by Crippen LogP contribution is -2.10. The number of hydrogen-bond acceptors (Lipinski definition) is 6. The zero-order valence-corrected chi connectivity index (χ0v) is 21.3. The molecule has 3 aromatic rings. The summed E-state index contributed by atoms with van der Waals surface area (Å²) in [6.07, 6.45) is 1.51. The highest BCUT2D eigenvalue weighted by Crippen LogP contribution is 2.38. The van der Waals surface area contributed by atoms with Gasteiger partial charge in [0.25, 0.3) is 0 Å².